The average molecular weight is 385 g/mol. The van der Waals surface area contributed by atoms with Crippen LogP contribution in [0, 0.1) is 0 Å². The SMILES string of the molecule is O=C(Nc1nccc(-c2cc3c(n2CCF)CCNC3=O)n1)c1cccs1. The maximum Gasteiger partial charge on any atom is 0.268 e. The maximum atomic E-state index is 13.1. The van der Waals surface area contributed by atoms with Gasteiger partial charge in [0.05, 0.1) is 28.4 Å². The van der Waals surface area contributed by atoms with Crippen LogP contribution >= 0.6 is 11.3 Å². The Balaban J connectivity index is 1.69. The van der Waals surface area contributed by atoms with Crippen molar-refractivity contribution in [3.8, 4) is 11.4 Å². The summed E-state index contributed by atoms with van der Waals surface area (Å²) in [4.78, 5) is 33.4. The third-order valence-corrected chi connectivity index (χ3v) is 5.17. The van der Waals surface area contributed by atoms with Crippen LogP contribution in [0.25, 0.3) is 11.4 Å². The number of anilines is 1. The fraction of sp³-hybridized carbons (Fsp3) is 0.222. The summed E-state index contributed by atoms with van der Waals surface area (Å²) in [7, 11) is 0. The standard InChI is InChI=1S/C18H16FN5O2S/c19-5-8-24-13-4-7-20-16(25)11(13)10-14(24)12-3-6-21-18(22-12)23-17(26)15-2-1-9-27-15/h1-3,6,9-10H,4-5,7-8H2,(H,20,25)(H,21,22,23,26). The molecule has 0 fully saturated rings. The minimum absolute atomic E-state index is 0.138. The Bertz CT molecular complexity index is 999. The Kier molecular flexibility index (Phi) is 4.68. The van der Waals surface area contributed by atoms with E-state index in [9.17, 15) is 14.0 Å². The van der Waals surface area contributed by atoms with Gasteiger partial charge in [-0.1, -0.05) is 6.07 Å². The first-order chi connectivity index (χ1) is 13.2. The number of fused-ring (bicyclic) bond motifs is 1. The van der Waals surface area contributed by atoms with Crippen molar-refractivity contribution in [2.24, 2.45) is 0 Å². The Morgan fingerprint density at radius 3 is 3.07 bits per heavy atom. The highest BCUT2D eigenvalue weighted by molar-refractivity contribution is 7.12. The van der Waals surface area contributed by atoms with Crippen molar-refractivity contribution in [2.45, 2.75) is 13.0 Å². The molecule has 0 atom stereocenters. The van der Waals surface area contributed by atoms with Gasteiger partial charge in [-0.25, -0.2) is 14.4 Å². The van der Waals surface area contributed by atoms with Crippen LogP contribution in [0.5, 0.6) is 0 Å². The lowest BCUT2D eigenvalue weighted by molar-refractivity contribution is 0.0944. The van der Waals surface area contributed by atoms with Crippen molar-refractivity contribution in [1.29, 1.82) is 0 Å². The van der Waals surface area contributed by atoms with Gasteiger partial charge in [0.15, 0.2) is 0 Å². The number of rotatable bonds is 5. The lowest BCUT2D eigenvalue weighted by Gasteiger charge is -2.16. The predicted molar refractivity (Wildman–Crippen MR) is 99.7 cm³/mol. The maximum absolute atomic E-state index is 13.1. The highest BCUT2D eigenvalue weighted by Crippen LogP contribution is 2.27. The molecule has 0 aromatic carbocycles. The molecule has 138 valence electrons. The zero-order chi connectivity index (χ0) is 18.8. The summed E-state index contributed by atoms with van der Waals surface area (Å²) in [6, 6.07) is 6.89. The number of carbonyl (C=O) groups is 2. The molecule has 1 aliphatic heterocycles. The van der Waals surface area contributed by atoms with Crippen LogP contribution in [0.2, 0.25) is 0 Å². The second kappa shape index (κ2) is 7.28. The molecule has 0 bridgehead atoms. The fourth-order valence-corrected chi connectivity index (χ4v) is 3.75. The fourth-order valence-electron chi connectivity index (χ4n) is 3.13. The number of hydrogen-bond acceptors (Lipinski definition) is 5. The van der Waals surface area contributed by atoms with E-state index in [0.29, 0.717) is 34.8 Å². The molecule has 0 saturated carbocycles. The molecule has 0 radical (unpaired) electrons. The first-order valence-corrected chi connectivity index (χ1v) is 9.30. The number of aromatic nitrogens is 3. The van der Waals surface area contributed by atoms with Crippen molar-refractivity contribution < 1.29 is 14.0 Å². The van der Waals surface area contributed by atoms with Gasteiger partial charge in [-0.15, -0.1) is 11.3 Å². The van der Waals surface area contributed by atoms with Gasteiger partial charge in [-0.2, -0.15) is 0 Å². The van der Waals surface area contributed by atoms with E-state index in [1.807, 2.05) is 5.38 Å². The minimum atomic E-state index is -0.553. The molecule has 4 heterocycles. The molecule has 4 rings (SSSR count). The minimum Gasteiger partial charge on any atom is -0.352 e. The third-order valence-electron chi connectivity index (χ3n) is 4.30. The number of hydrogen-bond donors (Lipinski definition) is 2. The Morgan fingerprint density at radius 2 is 2.30 bits per heavy atom. The van der Waals surface area contributed by atoms with Crippen molar-refractivity contribution in [2.75, 3.05) is 18.5 Å². The molecule has 9 heteroatoms. The highest BCUT2D eigenvalue weighted by atomic mass is 32.1. The van der Waals surface area contributed by atoms with Gasteiger partial charge in [-0.05, 0) is 23.6 Å². The average Bonchev–Trinajstić information content (AvgIpc) is 3.32. The lowest BCUT2D eigenvalue weighted by atomic mass is 10.1. The van der Waals surface area contributed by atoms with E-state index in [1.54, 1.807) is 28.8 Å². The Labute approximate surface area is 158 Å². The van der Waals surface area contributed by atoms with Crippen LogP contribution in [0.4, 0.5) is 10.3 Å². The van der Waals surface area contributed by atoms with Gasteiger partial charge in [0.2, 0.25) is 5.95 Å². The zero-order valence-electron chi connectivity index (χ0n) is 14.2. The summed E-state index contributed by atoms with van der Waals surface area (Å²) in [6.07, 6.45) is 2.16. The molecule has 3 aromatic heterocycles. The molecule has 0 unspecified atom stereocenters. The Morgan fingerprint density at radius 1 is 1.41 bits per heavy atom. The van der Waals surface area contributed by atoms with Gasteiger partial charge in [0.1, 0.15) is 6.67 Å². The number of carbonyl (C=O) groups excluding carboxylic acids is 2. The summed E-state index contributed by atoms with van der Waals surface area (Å²) in [5.74, 6) is -0.309. The summed E-state index contributed by atoms with van der Waals surface area (Å²) < 4.78 is 14.9. The highest BCUT2D eigenvalue weighted by Gasteiger charge is 2.24. The van der Waals surface area contributed by atoms with E-state index in [2.05, 4.69) is 20.6 Å². The zero-order valence-corrected chi connectivity index (χ0v) is 15.1. The number of alkyl halides is 1. The van der Waals surface area contributed by atoms with E-state index in [4.69, 9.17) is 0 Å². The normalized spacial score (nSPS) is 13.1. The number of nitrogens with one attached hydrogen (secondary N) is 2. The molecule has 3 aromatic rings. The number of halogens is 1. The van der Waals surface area contributed by atoms with Crippen LogP contribution in [0.1, 0.15) is 25.7 Å². The smallest absolute Gasteiger partial charge is 0.268 e. The lowest BCUT2D eigenvalue weighted by Crippen LogP contribution is -2.32. The molecule has 2 amide bonds. The number of amides is 2. The van der Waals surface area contributed by atoms with E-state index in [1.165, 1.54) is 17.5 Å². The molecule has 0 spiro atoms. The van der Waals surface area contributed by atoms with Gasteiger partial charge >= 0.3 is 0 Å². The van der Waals surface area contributed by atoms with Gasteiger partial charge in [0, 0.05) is 24.9 Å². The van der Waals surface area contributed by atoms with Crippen LogP contribution in [0.15, 0.2) is 35.8 Å². The molecule has 0 saturated heterocycles. The molecule has 1 aliphatic rings. The van der Waals surface area contributed by atoms with Gasteiger partial charge in [-0.3, -0.25) is 14.9 Å². The quantitative estimate of drug-likeness (QED) is 0.706. The summed E-state index contributed by atoms with van der Waals surface area (Å²) in [5, 5.41) is 7.27. The summed E-state index contributed by atoms with van der Waals surface area (Å²) in [5.41, 5.74) is 2.48. The van der Waals surface area contributed by atoms with Crippen LogP contribution in [0.3, 0.4) is 0 Å². The van der Waals surface area contributed by atoms with Crippen molar-refractivity contribution >= 4 is 29.1 Å². The molecule has 0 aliphatic carbocycles. The van der Waals surface area contributed by atoms with E-state index >= 15 is 0 Å². The number of nitrogens with zero attached hydrogens (tertiary/aromatic N) is 3. The van der Waals surface area contributed by atoms with E-state index < -0.39 is 6.67 Å². The summed E-state index contributed by atoms with van der Waals surface area (Å²) in [6.45, 7) is 0.106. The summed E-state index contributed by atoms with van der Waals surface area (Å²) >= 11 is 1.32. The third kappa shape index (κ3) is 3.33. The van der Waals surface area contributed by atoms with Gasteiger partial charge < -0.3 is 9.88 Å². The molecule has 7 nitrogen and oxygen atoms in total. The second-order valence-corrected chi connectivity index (χ2v) is 6.88. The largest absolute Gasteiger partial charge is 0.352 e. The molecule has 27 heavy (non-hydrogen) atoms. The Hall–Kier alpha value is -3.07. The molecule has 2 N–H and O–H groups in total. The number of thiophene rings is 1. The second-order valence-electron chi connectivity index (χ2n) is 5.93. The first kappa shape index (κ1) is 17.3. The molecular formula is C18H16FN5O2S. The van der Waals surface area contributed by atoms with E-state index in [0.717, 1.165) is 5.69 Å². The predicted octanol–water partition coefficient (Wildman–Crippen LogP) is 2.51. The van der Waals surface area contributed by atoms with Crippen LogP contribution in [-0.4, -0.2) is 39.6 Å². The van der Waals surface area contributed by atoms with Crippen molar-refractivity contribution in [3.63, 3.8) is 0 Å². The van der Waals surface area contributed by atoms with E-state index in [-0.39, 0.29) is 24.3 Å². The topological polar surface area (TPSA) is 88.9 Å². The monoisotopic (exact) mass is 385 g/mol. The van der Waals surface area contributed by atoms with Crippen LogP contribution < -0.4 is 10.6 Å². The van der Waals surface area contributed by atoms with Crippen LogP contribution in [-0.2, 0) is 13.0 Å². The first-order valence-electron chi connectivity index (χ1n) is 8.42. The van der Waals surface area contributed by atoms with Crippen molar-refractivity contribution in [1.82, 2.24) is 19.9 Å². The van der Waals surface area contributed by atoms with Gasteiger partial charge in [0.25, 0.3) is 11.8 Å². The van der Waals surface area contributed by atoms with Crippen molar-refractivity contribution in [3.05, 3.63) is 52.0 Å². The molecular weight excluding hydrogens is 369 g/mol.